The van der Waals surface area contributed by atoms with Crippen LogP contribution >= 0.6 is 11.6 Å². The van der Waals surface area contributed by atoms with E-state index in [0.717, 1.165) is 23.7 Å². The minimum absolute atomic E-state index is 0.348. The summed E-state index contributed by atoms with van der Waals surface area (Å²) in [5, 5.41) is 0.348. The number of hydrogen-bond donors (Lipinski definition) is 0. The molecule has 0 radical (unpaired) electrons. The van der Waals surface area contributed by atoms with Gasteiger partial charge in [-0.15, -0.1) is 11.6 Å². The van der Waals surface area contributed by atoms with Gasteiger partial charge >= 0.3 is 0 Å². The summed E-state index contributed by atoms with van der Waals surface area (Å²) in [6, 6.07) is 0. The van der Waals surface area contributed by atoms with Crippen LogP contribution in [0.2, 0.25) is 0 Å². The van der Waals surface area contributed by atoms with E-state index >= 15 is 0 Å². The molecule has 1 aliphatic rings. The van der Waals surface area contributed by atoms with E-state index in [1.54, 1.807) is 0 Å². The van der Waals surface area contributed by atoms with E-state index in [-0.39, 0.29) is 0 Å². The summed E-state index contributed by atoms with van der Waals surface area (Å²) < 4.78 is 0. The number of unbranched alkanes of at least 4 members (excludes halogenated alkanes) is 8. The van der Waals surface area contributed by atoms with Crippen molar-refractivity contribution in [1.29, 1.82) is 0 Å². The van der Waals surface area contributed by atoms with Gasteiger partial charge in [0.2, 0.25) is 0 Å². The zero-order chi connectivity index (χ0) is 32.6. The Hall–Kier alpha value is 0.290. The third-order valence-electron chi connectivity index (χ3n) is 11.9. The van der Waals surface area contributed by atoms with Gasteiger partial charge in [0, 0.05) is 5.38 Å². The monoisotopic (exact) mass is 651 g/mol. The van der Waals surface area contributed by atoms with Crippen LogP contribution in [-0.2, 0) is 0 Å². The first-order valence-corrected chi connectivity index (χ1v) is 22.2. The summed E-state index contributed by atoms with van der Waals surface area (Å²) in [7, 11) is 0. The maximum Gasteiger partial charge on any atom is 0.0310 e. The molecule has 5 atom stereocenters. The molecule has 1 heteroatoms. The Bertz CT molecular complexity index is 569. The van der Waals surface area contributed by atoms with E-state index in [0.29, 0.717) is 5.38 Å². The molecule has 0 saturated heterocycles. The molecule has 0 spiro atoms. The molecular weight excluding hydrogens is 564 g/mol. The van der Waals surface area contributed by atoms with Gasteiger partial charge in [-0.25, -0.2) is 0 Å². The van der Waals surface area contributed by atoms with Crippen molar-refractivity contribution in [2.24, 2.45) is 23.7 Å². The van der Waals surface area contributed by atoms with Crippen LogP contribution in [0.25, 0.3) is 0 Å². The maximum absolute atomic E-state index is 6.45. The topological polar surface area (TPSA) is 0 Å². The number of hydrogen-bond acceptors (Lipinski definition) is 0. The van der Waals surface area contributed by atoms with Gasteiger partial charge in [-0.2, -0.15) is 0 Å². The summed E-state index contributed by atoms with van der Waals surface area (Å²) >= 11 is 6.45. The van der Waals surface area contributed by atoms with Crippen molar-refractivity contribution in [3.8, 4) is 0 Å². The lowest BCUT2D eigenvalue weighted by Gasteiger charge is -2.32. The quantitative estimate of drug-likeness (QED) is 0.130. The highest BCUT2D eigenvalue weighted by molar-refractivity contribution is 6.20. The summed E-state index contributed by atoms with van der Waals surface area (Å²) in [5.74, 6) is 3.77. The predicted octanol–water partition coefficient (Wildman–Crippen LogP) is 16.8. The Labute approximate surface area is 292 Å². The second-order valence-electron chi connectivity index (χ2n) is 16.2. The molecule has 0 nitrogen and oxygen atoms in total. The molecule has 270 valence electrons. The standard InChI is InChI=1S/C44H87Cl/c1-5-7-8-9-10-13-20-26-31-37-44-38-32-27-22-17-12-15-19-24-29-35-42(39-40(3)45)34-28-23-18-14-11-16-21-25-30-36-43(33-6-2)41(44)4/h40-44H,5-39H2,1-4H3. The first-order chi connectivity index (χ1) is 22.1. The highest BCUT2D eigenvalue weighted by atomic mass is 35.5. The molecule has 1 rings (SSSR count). The van der Waals surface area contributed by atoms with E-state index in [9.17, 15) is 0 Å². The van der Waals surface area contributed by atoms with E-state index in [1.807, 2.05) is 0 Å². The lowest BCUT2D eigenvalue weighted by atomic mass is 9.74. The van der Waals surface area contributed by atoms with Crippen molar-refractivity contribution in [2.75, 3.05) is 0 Å². The zero-order valence-corrected chi connectivity index (χ0v) is 32.8. The smallest absolute Gasteiger partial charge is 0.0310 e. The summed E-state index contributed by atoms with van der Waals surface area (Å²) in [6.07, 6.45) is 51.1. The van der Waals surface area contributed by atoms with Crippen molar-refractivity contribution in [1.82, 2.24) is 0 Å². The lowest BCUT2D eigenvalue weighted by molar-refractivity contribution is 0.189. The van der Waals surface area contributed by atoms with Crippen LogP contribution in [0.5, 0.6) is 0 Å². The van der Waals surface area contributed by atoms with Crippen LogP contribution in [-0.4, -0.2) is 5.38 Å². The molecule has 45 heavy (non-hydrogen) atoms. The molecule has 0 heterocycles. The van der Waals surface area contributed by atoms with Crippen molar-refractivity contribution in [2.45, 2.75) is 258 Å². The molecule has 0 aliphatic heterocycles. The Morgan fingerprint density at radius 3 is 1.20 bits per heavy atom. The Kier molecular flexibility index (Phi) is 31.6. The van der Waals surface area contributed by atoms with Crippen molar-refractivity contribution in [3.05, 3.63) is 0 Å². The largest absolute Gasteiger partial charge is 0.123 e. The van der Waals surface area contributed by atoms with E-state index in [2.05, 4.69) is 27.7 Å². The third kappa shape index (κ3) is 26.9. The van der Waals surface area contributed by atoms with Gasteiger partial charge in [-0.1, -0.05) is 239 Å². The molecule has 0 aromatic heterocycles. The van der Waals surface area contributed by atoms with Crippen molar-refractivity contribution >= 4 is 11.6 Å². The highest BCUT2D eigenvalue weighted by Gasteiger charge is 2.24. The average Bonchev–Trinajstić information content (AvgIpc) is 3.02. The minimum Gasteiger partial charge on any atom is -0.123 e. The normalized spacial score (nSPS) is 26.3. The maximum atomic E-state index is 6.45. The molecular formula is C44H87Cl. The molecule has 0 bridgehead atoms. The summed E-state index contributed by atoms with van der Waals surface area (Å²) in [6.45, 7) is 9.66. The van der Waals surface area contributed by atoms with Crippen LogP contribution in [0.4, 0.5) is 0 Å². The number of rotatable bonds is 14. The number of halogens is 1. The second kappa shape index (κ2) is 32.8. The molecule has 1 saturated carbocycles. The Morgan fingerprint density at radius 2 is 0.800 bits per heavy atom. The Balaban J connectivity index is 2.56. The van der Waals surface area contributed by atoms with Gasteiger partial charge in [0.15, 0.2) is 0 Å². The van der Waals surface area contributed by atoms with E-state index < -0.39 is 0 Å². The average molecular weight is 652 g/mol. The second-order valence-corrected chi connectivity index (χ2v) is 16.9. The molecule has 1 aliphatic carbocycles. The number of alkyl halides is 1. The zero-order valence-electron chi connectivity index (χ0n) is 32.0. The van der Waals surface area contributed by atoms with Gasteiger partial charge in [-0.05, 0) is 37.0 Å². The first-order valence-electron chi connectivity index (χ1n) is 21.7. The molecule has 0 aromatic carbocycles. The van der Waals surface area contributed by atoms with Gasteiger partial charge in [0.1, 0.15) is 0 Å². The highest BCUT2D eigenvalue weighted by Crippen LogP contribution is 2.36. The van der Waals surface area contributed by atoms with E-state index in [4.69, 9.17) is 11.6 Å². The van der Waals surface area contributed by atoms with Gasteiger partial charge in [-0.3, -0.25) is 0 Å². The van der Waals surface area contributed by atoms with Crippen LogP contribution in [0.1, 0.15) is 252 Å². The van der Waals surface area contributed by atoms with Crippen molar-refractivity contribution in [3.63, 3.8) is 0 Å². The molecule has 0 N–H and O–H groups in total. The SMILES string of the molecule is CCCCCCCCCCCC1CCCCCCCCCCCC(CC(C)Cl)CCCCCCCCCCCC(CCC)C1C. The van der Waals surface area contributed by atoms with Crippen LogP contribution < -0.4 is 0 Å². The summed E-state index contributed by atoms with van der Waals surface area (Å²) in [5.41, 5.74) is 0. The van der Waals surface area contributed by atoms with Gasteiger partial charge in [0.05, 0.1) is 0 Å². The fourth-order valence-electron chi connectivity index (χ4n) is 8.81. The summed E-state index contributed by atoms with van der Waals surface area (Å²) in [4.78, 5) is 0. The van der Waals surface area contributed by atoms with Crippen molar-refractivity contribution < 1.29 is 0 Å². The van der Waals surface area contributed by atoms with E-state index in [1.165, 1.54) is 225 Å². The van der Waals surface area contributed by atoms with Crippen LogP contribution in [0, 0.1) is 23.7 Å². The fourth-order valence-corrected chi connectivity index (χ4v) is 9.06. The van der Waals surface area contributed by atoms with Crippen LogP contribution in [0.3, 0.4) is 0 Å². The first kappa shape index (κ1) is 43.3. The molecule has 1 fully saturated rings. The van der Waals surface area contributed by atoms with Crippen LogP contribution in [0.15, 0.2) is 0 Å². The lowest BCUT2D eigenvalue weighted by Crippen LogP contribution is -2.22. The molecule has 0 amide bonds. The predicted molar refractivity (Wildman–Crippen MR) is 208 cm³/mol. The Morgan fingerprint density at radius 1 is 0.444 bits per heavy atom. The third-order valence-corrected chi connectivity index (χ3v) is 12.0. The minimum atomic E-state index is 0.348. The molecule has 0 aromatic rings. The molecule has 5 unspecified atom stereocenters. The fraction of sp³-hybridized carbons (Fsp3) is 1.00. The van der Waals surface area contributed by atoms with Gasteiger partial charge < -0.3 is 0 Å². The van der Waals surface area contributed by atoms with Gasteiger partial charge in [0.25, 0.3) is 0 Å².